The Morgan fingerprint density at radius 2 is 2.27 bits per heavy atom. The van der Waals surface area contributed by atoms with Gasteiger partial charge in [0.2, 0.25) is 0 Å². The molecule has 0 aliphatic rings. The summed E-state index contributed by atoms with van der Waals surface area (Å²) in [7, 11) is -1.88. The highest BCUT2D eigenvalue weighted by Gasteiger charge is 2.18. The van der Waals surface area contributed by atoms with E-state index < -0.39 is 16.1 Å². The molecule has 0 amide bonds. The molecule has 0 aromatic carbocycles. The van der Waals surface area contributed by atoms with E-state index >= 15 is 0 Å². The van der Waals surface area contributed by atoms with Crippen LogP contribution in [0, 0.1) is 6.92 Å². The minimum atomic E-state index is -3.60. The number of sulfonamides is 1. The maximum atomic E-state index is 11.6. The van der Waals surface area contributed by atoms with Crippen LogP contribution >= 0.6 is 0 Å². The predicted molar refractivity (Wildman–Crippen MR) is 54.8 cm³/mol. The van der Waals surface area contributed by atoms with Crippen molar-refractivity contribution in [3.05, 3.63) is 12.0 Å². The molecule has 7 heteroatoms. The first kappa shape index (κ1) is 12.2. The first-order chi connectivity index (χ1) is 6.83. The van der Waals surface area contributed by atoms with Crippen molar-refractivity contribution in [3.8, 4) is 0 Å². The SMILES string of the molecule is Cc1nc(S(=O)(=O)NC[C@H](C)O)cn1C. The van der Waals surface area contributed by atoms with Crippen LogP contribution in [0.5, 0.6) is 0 Å². The molecule has 0 aliphatic heterocycles. The second-order valence-corrected chi connectivity index (χ2v) is 5.15. The highest BCUT2D eigenvalue weighted by molar-refractivity contribution is 7.89. The number of nitrogens with one attached hydrogen (secondary N) is 1. The van der Waals surface area contributed by atoms with Crippen LogP contribution in [0.15, 0.2) is 11.2 Å². The Labute approximate surface area is 89.0 Å². The average Bonchev–Trinajstić information content (AvgIpc) is 2.45. The van der Waals surface area contributed by atoms with Crippen molar-refractivity contribution < 1.29 is 13.5 Å². The Kier molecular flexibility index (Phi) is 3.48. The summed E-state index contributed by atoms with van der Waals surface area (Å²) in [6.07, 6.45) is 0.712. The normalized spacial score (nSPS) is 14.1. The molecule has 1 aromatic rings. The third-order valence-electron chi connectivity index (χ3n) is 1.93. The van der Waals surface area contributed by atoms with Gasteiger partial charge in [-0.2, -0.15) is 0 Å². The van der Waals surface area contributed by atoms with Gasteiger partial charge in [0.25, 0.3) is 10.0 Å². The molecule has 1 atom stereocenters. The number of aliphatic hydroxyl groups is 1. The summed E-state index contributed by atoms with van der Waals surface area (Å²) in [6.45, 7) is 3.21. The summed E-state index contributed by atoms with van der Waals surface area (Å²) < 4.78 is 27.1. The van der Waals surface area contributed by atoms with Gasteiger partial charge in [0.1, 0.15) is 5.82 Å². The van der Waals surface area contributed by atoms with Gasteiger partial charge in [-0.25, -0.2) is 18.1 Å². The Bertz CT molecular complexity index is 416. The van der Waals surface area contributed by atoms with E-state index in [9.17, 15) is 8.42 Å². The number of rotatable bonds is 4. The van der Waals surface area contributed by atoms with E-state index in [0.717, 1.165) is 0 Å². The minimum absolute atomic E-state index is 0.0159. The van der Waals surface area contributed by atoms with Crippen LogP contribution in [0.4, 0.5) is 0 Å². The maximum absolute atomic E-state index is 11.6. The molecule has 0 radical (unpaired) electrons. The topological polar surface area (TPSA) is 84.2 Å². The molecule has 1 heterocycles. The average molecular weight is 233 g/mol. The van der Waals surface area contributed by atoms with Crippen LogP contribution in [0.25, 0.3) is 0 Å². The van der Waals surface area contributed by atoms with Gasteiger partial charge in [0, 0.05) is 19.8 Å². The Morgan fingerprint density at radius 3 is 2.67 bits per heavy atom. The highest BCUT2D eigenvalue weighted by Crippen LogP contribution is 2.06. The lowest BCUT2D eigenvalue weighted by Crippen LogP contribution is -2.30. The lowest BCUT2D eigenvalue weighted by atomic mass is 10.4. The summed E-state index contributed by atoms with van der Waals surface area (Å²) >= 11 is 0. The summed E-state index contributed by atoms with van der Waals surface area (Å²) in [5.74, 6) is 0.618. The van der Waals surface area contributed by atoms with E-state index in [-0.39, 0.29) is 11.6 Å². The number of hydrogen-bond donors (Lipinski definition) is 2. The Hall–Kier alpha value is -0.920. The van der Waals surface area contributed by atoms with Gasteiger partial charge in [-0.1, -0.05) is 0 Å². The van der Waals surface area contributed by atoms with Crippen molar-refractivity contribution in [2.24, 2.45) is 7.05 Å². The van der Waals surface area contributed by atoms with Crippen LogP contribution in [-0.2, 0) is 17.1 Å². The summed E-state index contributed by atoms with van der Waals surface area (Å²) in [4.78, 5) is 3.89. The van der Waals surface area contributed by atoms with E-state index in [1.54, 1.807) is 18.5 Å². The minimum Gasteiger partial charge on any atom is -0.392 e. The van der Waals surface area contributed by atoms with E-state index in [1.807, 2.05) is 0 Å². The van der Waals surface area contributed by atoms with Crippen molar-refractivity contribution in [2.45, 2.75) is 25.0 Å². The van der Waals surface area contributed by atoms with Crippen LogP contribution < -0.4 is 4.72 Å². The smallest absolute Gasteiger partial charge is 0.259 e. The van der Waals surface area contributed by atoms with Crippen molar-refractivity contribution in [1.29, 1.82) is 0 Å². The van der Waals surface area contributed by atoms with Crippen molar-refractivity contribution in [2.75, 3.05) is 6.54 Å². The molecule has 1 rings (SSSR count). The number of aromatic nitrogens is 2. The number of nitrogens with zero attached hydrogens (tertiary/aromatic N) is 2. The van der Waals surface area contributed by atoms with Crippen LogP contribution in [0.3, 0.4) is 0 Å². The molecular weight excluding hydrogens is 218 g/mol. The van der Waals surface area contributed by atoms with Crippen molar-refractivity contribution >= 4 is 10.0 Å². The third-order valence-corrected chi connectivity index (χ3v) is 3.22. The van der Waals surface area contributed by atoms with Crippen molar-refractivity contribution in [1.82, 2.24) is 14.3 Å². The molecule has 2 N–H and O–H groups in total. The zero-order valence-corrected chi connectivity index (χ0v) is 9.74. The number of hydrogen-bond acceptors (Lipinski definition) is 4. The quantitative estimate of drug-likeness (QED) is 0.726. The number of aliphatic hydroxyl groups excluding tert-OH is 1. The van der Waals surface area contributed by atoms with Gasteiger partial charge in [-0.3, -0.25) is 0 Å². The fourth-order valence-electron chi connectivity index (χ4n) is 0.960. The Balaban J connectivity index is 2.87. The molecule has 0 bridgehead atoms. The van der Waals surface area contributed by atoms with E-state index in [2.05, 4.69) is 9.71 Å². The van der Waals surface area contributed by atoms with Gasteiger partial charge < -0.3 is 9.67 Å². The summed E-state index contributed by atoms with van der Waals surface area (Å²) in [5, 5.41) is 8.94. The molecule has 0 spiro atoms. The lowest BCUT2D eigenvalue weighted by molar-refractivity contribution is 0.198. The number of imidazole rings is 1. The monoisotopic (exact) mass is 233 g/mol. The predicted octanol–water partition coefficient (Wildman–Crippen LogP) is -0.612. The number of aryl methyl sites for hydroxylation is 2. The van der Waals surface area contributed by atoms with Crippen LogP contribution in [-0.4, -0.2) is 35.7 Å². The van der Waals surface area contributed by atoms with Gasteiger partial charge >= 0.3 is 0 Å². The van der Waals surface area contributed by atoms with Gasteiger partial charge in [-0.15, -0.1) is 0 Å². The standard InChI is InChI=1S/C8H15N3O3S/c1-6(12)4-9-15(13,14)8-5-11(3)7(2)10-8/h5-6,9,12H,4H2,1-3H3/t6-/m0/s1. The fraction of sp³-hybridized carbons (Fsp3) is 0.625. The molecule has 0 saturated carbocycles. The first-order valence-electron chi connectivity index (χ1n) is 4.50. The Morgan fingerprint density at radius 1 is 1.67 bits per heavy atom. The molecule has 0 aliphatic carbocycles. The van der Waals surface area contributed by atoms with E-state index in [0.29, 0.717) is 5.82 Å². The zero-order chi connectivity index (χ0) is 11.6. The third kappa shape index (κ3) is 3.01. The van der Waals surface area contributed by atoms with Gasteiger partial charge in [0.15, 0.2) is 5.03 Å². The summed E-state index contributed by atoms with van der Waals surface area (Å²) in [5.41, 5.74) is 0. The molecule has 0 fully saturated rings. The fourth-order valence-corrected chi connectivity index (χ4v) is 2.12. The molecule has 15 heavy (non-hydrogen) atoms. The molecule has 86 valence electrons. The lowest BCUT2D eigenvalue weighted by Gasteiger charge is -2.05. The zero-order valence-electron chi connectivity index (χ0n) is 8.93. The van der Waals surface area contributed by atoms with Gasteiger partial charge in [-0.05, 0) is 13.8 Å². The maximum Gasteiger partial charge on any atom is 0.259 e. The second kappa shape index (κ2) is 4.30. The van der Waals surface area contributed by atoms with E-state index in [4.69, 9.17) is 5.11 Å². The molecule has 0 unspecified atom stereocenters. The highest BCUT2D eigenvalue weighted by atomic mass is 32.2. The van der Waals surface area contributed by atoms with E-state index in [1.165, 1.54) is 13.1 Å². The second-order valence-electron chi connectivity index (χ2n) is 3.44. The molecule has 6 nitrogen and oxygen atoms in total. The van der Waals surface area contributed by atoms with Crippen molar-refractivity contribution in [3.63, 3.8) is 0 Å². The van der Waals surface area contributed by atoms with Crippen LogP contribution in [0.1, 0.15) is 12.7 Å². The van der Waals surface area contributed by atoms with Gasteiger partial charge in [0.05, 0.1) is 6.10 Å². The first-order valence-corrected chi connectivity index (χ1v) is 5.99. The summed E-state index contributed by atoms with van der Waals surface area (Å²) in [6, 6.07) is 0. The van der Waals surface area contributed by atoms with Crippen LogP contribution in [0.2, 0.25) is 0 Å². The molecule has 1 aromatic heterocycles. The largest absolute Gasteiger partial charge is 0.392 e. The molecular formula is C8H15N3O3S. The molecule has 0 saturated heterocycles.